The van der Waals surface area contributed by atoms with Crippen molar-refractivity contribution in [3.63, 3.8) is 0 Å². The Balaban J connectivity index is 1.64. The zero-order valence-electron chi connectivity index (χ0n) is 19.5. The van der Waals surface area contributed by atoms with Gasteiger partial charge in [0.25, 0.3) is 0 Å². The summed E-state index contributed by atoms with van der Waals surface area (Å²) in [7, 11) is 0. The van der Waals surface area contributed by atoms with Crippen LogP contribution in [0.25, 0.3) is 0 Å². The third-order valence-electron chi connectivity index (χ3n) is 6.62. The molecule has 1 heterocycles. The average Bonchev–Trinajstić information content (AvgIpc) is 3.03. The average molecular weight is 446 g/mol. The highest BCUT2D eigenvalue weighted by atomic mass is 35.5. The molecule has 1 aliphatic heterocycles. The fourth-order valence-corrected chi connectivity index (χ4v) is 5.08. The Hall–Kier alpha value is -2.58. The number of hydrogen-bond donors (Lipinski definition) is 1. The molecule has 0 amide bonds. The maximum absolute atomic E-state index is 6.88. The molecule has 32 heavy (non-hydrogen) atoms. The molecule has 2 aromatic rings. The van der Waals surface area contributed by atoms with E-state index in [9.17, 15) is 0 Å². The van der Waals surface area contributed by atoms with Crippen LogP contribution in [0.3, 0.4) is 0 Å². The summed E-state index contributed by atoms with van der Waals surface area (Å²) in [5.74, 6) is 0. The molecule has 2 aromatic carbocycles. The number of allylic oxidation sites excluding steroid dienone is 5. The Labute approximate surface area is 198 Å². The lowest BCUT2D eigenvalue weighted by molar-refractivity contribution is -0.438. The van der Waals surface area contributed by atoms with E-state index in [1.165, 1.54) is 41.0 Å². The van der Waals surface area contributed by atoms with Gasteiger partial charge in [0, 0.05) is 41.0 Å². The van der Waals surface area contributed by atoms with Crippen LogP contribution in [0.15, 0.2) is 89.1 Å². The van der Waals surface area contributed by atoms with Gasteiger partial charge in [0.2, 0.25) is 5.69 Å². The Morgan fingerprint density at radius 3 is 2.53 bits per heavy atom. The predicted octanol–water partition coefficient (Wildman–Crippen LogP) is 8.09. The molecule has 0 spiro atoms. The van der Waals surface area contributed by atoms with Gasteiger partial charge in [-0.1, -0.05) is 67.4 Å². The van der Waals surface area contributed by atoms with Gasteiger partial charge in [-0.2, -0.15) is 4.58 Å². The summed E-state index contributed by atoms with van der Waals surface area (Å²) < 4.78 is 2.51. The third kappa shape index (κ3) is 4.61. The Morgan fingerprint density at radius 1 is 1.00 bits per heavy atom. The summed E-state index contributed by atoms with van der Waals surface area (Å²) in [5.41, 5.74) is 7.60. The highest BCUT2D eigenvalue weighted by Gasteiger charge is 2.43. The molecule has 1 N–H and O–H groups in total. The molecule has 2 aliphatic rings. The Bertz CT molecular complexity index is 1090. The van der Waals surface area contributed by atoms with Crippen LogP contribution < -0.4 is 5.32 Å². The van der Waals surface area contributed by atoms with Gasteiger partial charge in [0.05, 0.1) is 5.41 Å². The fraction of sp³-hybridized carbons (Fsp3) is 0.345. The topological polar surface area (TPSA) is 15.0 Å². The van der Waals surface area contributed by atoms with Gasteiger partial charge in [-0.15, -0.1) is 0 Å². The lowest BCUT2D eigenvalue weighted by Crippen LogP contribution is -2.28. The number of rotatable bonds is 7. The molecule has 3 heteroatoms. The first kappa shape index (κ1) is 22.6. The zero-order valence-corrected chi connectivity index (χ0v) is 20.3. The lowest BCUT2D eigenvalue weighted by Gasteiger charge is -2.18. The molecule has 0 fully saturated rings. The summed E-state index contributed by atoms with van der Waals surface area (Å²) in [6.45, 7) is 7.98. The number of fused-ring (bicyclic) bond motifs is 1. The monoisotopic (exact) mass is 445 g/mol. The van der Waals surface area contributed by atoms with Crippen molar-refractivity contribution in [3.05, 3.63) is 94.7 Å². The van der Waals surface area contributed by atoms with Crippen molar-refractivity contribution in [1.29, 1.82) is 0 Å². The maximum atomic E-state index is 6.88. The highest BCUT2D eigenvalue weighted by Crippen LogP contribution is 2.40. The number of nitrogens with one attached hydrogen (secondary N) is 1. The van der Waals surface area contributed by atoms with Crippen LogP contribution in [-0.2, 0) is 5.41 Å². The van der Waals surface area contributed by atoms with Gasteiger partial charge in [-0.3, -0.25) is 0 Å². The molecule has 0 unspecified atom stereocenters. The molecule has 166 valence electrons. The van der Waals surface area contributed by atoms with Crippen LogP contribution in [0.1, 0.15) is 58.4 Å². The SMILES string of the molecule is CCCC[N+]1=C(/C=C/C2=C(Cl)C(=C/Nc3ccccc3)/CCC2)C(C)(C)c2ccccc21. The largest absolute Gasteiger partial charge is 0.361 e. The minimum Gasteiger partial charge on any atom is -0.361 e. The van der Waals surface area contributed by atoms with Gasteiger partial charge < -0.3 is 5.32 Å². The normalized spacial score (nSPS) is 19.2. The predicted molar refractivity (Wildman–Crippen MR) is 138 cm³/mol. The summed E-state index contributed by atoms with van der Waals surface area (Å²) in [5, 5.41) is 4.29. The number of anilines is 1. The van der Waals surface area contributed by atoms with Gasteiger partial charge in [0.15, 0.2) is 5.71 Å². The van der Waals surface area contributed by atoms with Gasteiger partial charge >= 0.3 is 0 Å². The molecule has 0 aromatic heterocycles. The van der Waals surface area contributed by atoms with Crippen molar-refractivity contribution in [2.24, 2.45) is 0 Å². The van der Waals surface area contributed by atoms with E-state index in [0.717, 1.165) is 36.5 Å². The number of hydrogen-bond acceptors (Lipinski definition) is 1. The van der Waals surface area contributed by atoms with Crippen molar-refractivity contribution in [3.8, 4) is 0 Å². The number of unbranched alkanes of at least 4 members (excludes halogenated alkanes) is 1. The van der Waals surface area contributed by atoms with Crippen LogP contribution in [0, 0.1) is 0 Å². The molecule has 4 rings (SSSR count). The number of halogens is 1. The highest BCUT2D eigenvalue weighted by molar-refractivity contribution is 6.32. The Kier molecular flexibility index (Phi) is 7.01. The Morgan fingerprint density at radius 2 is 1.75 bits per heavy atom. The second-order valence-electron chi connectivity index (χ2n) is 9.24. The van der Waals surface area contributed by atoms with Crippen LogP contribution >= 0.6 is 11.6 Å². The minimum absolute atomic E-state index is 0.0178. The summed E-state index contributed by atoms with van der Waals surface area (Å²) in [4.78, 5) is 0. The van der Waals surface area contributed by atoms with Crippen molar-refractivity contribution >= 4 is 28.7 Å². The molecule has 0 saturated heterocycles. The van der Waals surface area contributed by atoms with Crippen molar-refractivity contribution < 1.29 is 4.58 Å². The van der Waals surface area contributed by atoms with Gasteiger partial charge in [0.1, 0.15) is 6.54 Å². The van der Waals surface area contributed by atoms with Gasteiger partial charge in [-0.25, -0.2) is 0 Å². The zero-order chi connectivity index (χ0) is 22.6. The van der Waals surface area contributed by atoms with E-state index >= 15 is 0 Å². The quantitative estimate of drug-likeness (QED) is 0.425. The van der Waals surface area contributed by atoms with Gasteiger partial charge in [-0.05, 0) is 56.4 Å². The molecule has 1 aliphatic carbocycles. The van der Waals surface area contributed by atoms with Crippen molar-refractivity contribution in [2.75, 3.05) is 11.9 Å². The second-order valence-corrected chi connectivity index (χ2v) is 9.62. The van der Waals surface area contributed by atoms with E-state index < -0.39 is 0 Å². The second kappa shape index (κ2) is 9.92. The maximum Gasteiger partial charge on any atom is 0.209 e. The van der Waals surface area contributed by atoms with Crippen molar-refractivity contribution in [2.45, 2.75) is 58.3 Å². The fourth-order valence-electron chi connectivity index (χ4n) is 4.77. The van der Waals surface area contributed by atoms with E-state index in [1.54, 1.807) is 0 Å². The summed E-state index contributed by atoms with van der Waals surface area (Å²) in [6.07, 6.45) is 12.2. The summed E-state index contributed by atoms with van der Waals surface area (Å²) >= 11 is 6.88. The van der Waals surface area contributed by atoms with E-state index in [0.29, 0.717) is 0 Å². The van der Waals surface area contributed by atoms with Crippen molar-refractivity contribution in [1.82, 2.24) is 0 Å². The molecule has 2 nitrogen and oxygen atoms in total. The first-order valence-corrected chi connectivity index (χ1v) is 12.2. The summed E-state index contributed by atoms with van der Waals surface area (Å²) in [6, 6.07) is 19.1. The van der Waals surface area contributed by atoms with E-state index in [2.05, 4.69) is 85.4 Å². The minimum atomic E-state index is -0.0178. The molecular weight excluding hydrogens is 412 g/mol. The van der Waals surface area contributed by atoms with Crippen LogP contribution in [0.4, 0.5) is 11.4 Å². The van der Waals surface area contributed by atoms with E-state index in [1.807, 2.05) is 18.2 Å². The number of para-hydroxylation sites is 2. The lowest BCUT2D eigenvalue weighted by atomic mass is 9.81. The first-order chi connectivity index (χ1) is 15.5. The molecule has 0 bridgehead atoms. The molecule has 0 radical (unpaired) electrons. The molecule has 0 saturated carbocycles. The first-order valence-electron chi connectivity index (χ1n) is 11.8. The number of benzene rings is 2. The number of nitrogens with zero attached hydrogens (tertiary/aromatic N) is 1. The standard InChI is InChI=1S/C29H33ClN2/c1-4-5-20-32-26-17-10-9-16-25(26)29(2,3)27(32)19-18-22-12-11-13-23(28(22)30)21-31-24-14-7-6-8-15-24/h6-10,14-19,21H,4-5,11-13,20H2,1-3H3/p+1. The molecule has 0 atom stereocenters. The van der Waals surface area contributed by atoms with E-state index in [4.69, 9.17) is 11.6 Å². The van der Waals surface area contributed by atoms with Crippen LogP contribution in [0.2, 0.25) is 0 Å². The molecular formula is C29H34ClN2+. The van der Waals surface area contributed by atoms with Crippen LogP contribution in [-0.4, -0.2) is 16.8 Å². The smallest absolute Gasteiger partial charge is 0.209 e. The van der Waals surface area contributed by atoms with Crippen LogP contribution in [0.5, 0.6) is 0 Å². The third-order valence-corrected chi connectivity index (χ3v) is 7.11. The van der Waals surface area contributed by atoms with E-state index in [-0.39, 0.29) is 5.41 Å².